The fourth-order valence-electron chi connectivity index (χ4n) is 3.29. The Labute approximate surface area is 133 Å². The summed E-state index contributed by atoms with van der Waals surface area (Å²) in [5.41, 5.74) is 8.55. The van der Waals surface area contributed by atoms with Crippen LogP contribution in [0.25, 0.3) is 0 Å². The number of nitrogen functional groups attached to an aromatic ring is 1. The lowest BCUT2D eigenvalue weighted by Crippen LogP contribution is -2.16. The highest BCUT2D eigenvalue weighted by Crippen LogP contribution is 2.35. The molecule has 6 heteroatoms. The lowest BCUT2D eigenvalue weighted by molar-refractivity contribution is 0.103. The number of hydrogen-bond donors (Lipinski definition) is 1. The molecule has 23 heavy (non-hydrogen) atoms. The molecule has 0 radical (unpaired) electrons. The second-order valence-electron chi connectivity index (χ2n) is 5.64. The Morgan fingerprint density at radius 2 is 2.04 bits per heavy atom. The molecule has 0 atom stereocenters. The average Bonchev–Trinajstić information content (AvgIpc) is 3.13. The van der Waals surface area contributed by atoms with Gasteiger partial charge >= 0.3 is 0 Å². The van der Waals surface area contributed by atoms with Crippen molar-refractivity contribution >= 4 is 11.5 Å². The van der Waals surface area contributed by atoms with E-state index in [4.69, 9.17) is 15.2 Å². The first-order valence-corrected chi connectivity index (χ1v) is 7.56. The second kappa shape index (κ2) is 5.06. The summed E-state index contributed by atoms with van der Waals surface area (Å²) >= 11 is 0. The third-order valence-electron chi connectivity index (χ3n) is 4.34. The average molecular weight is 309 g/mol. The van der Waals surface area contributed by atoms with Gasteiger partial charge in [-0.3, -0.25) is 4.79 Å². The zero-order valence-corrected chi connectivity index (χ0v) is 12.5. The molecule has 0 aliphatic carbocycles. The van der Waals surface area contributed by atoms with Gasteiger partial charge in [0.05, 0.1) is 11.3 Å². The molecule has 2 aromatic rings. The molecule has 0 spiro atoms. The number of aromatic nitrogens is 1. The zero-order valence-electron chi connectivity index (χ0n) is 12.5. The molecule has 0 saturated heterocycles. The molecule has 1 aromatic heterocycles. The number of fused-ring (bicyclic) bond motifs is 2. The monoisotopic (exact) mass is 309 g/mol. The highest BCUT2D eigenvalue weighted by Gasteiger charge is 2.29. The molecule has 0 bridgehead atoms. The van der Waals surface area contributed by atoms with Crippen LogP contribution in [0.1, 0.15) is 33.7 Å². The Hall–Kier alpha value is -2.94. The van der Waals surface area contributed by atoms with E-state index in [0.29, 0.717) is 48.1 Å². The predicted molar refractivity (Wildman–Crippen MR) is 82.7 cm³/mol. The van der Waals surface area contributed by atoms with Crippen LogP contribution < -0.4 is 15.2 Å². The maximum absolute atomic E-state index is 12.9. The number of rotatable bonds is 2. The molecule has 4 rings (SSSR count). The fraction of sp³-hybridized carbons (Fsp3) is 0.294. The first-order chi connectivity index (χ1) is 11.2. The Kier molecular flexibility index (Phi) is 3.01. The highest BCUT2D eigenvalue weighted by molar-refractivity contribution is 6.12. The topological polar surface area (TPSA) is 90.3 Å². The highest BCUT2D eigenvalue weighted by atomic mass is 16.6. The predicted octanol–water partition coefficient (Wildman–Crippen LogP) is 1.89. The van der Waals surface area contributed by atoms with E-state index in [0.717, 1.165) is 18.5 Å². The van der Waals surface area contributed by atoms with Crippen LogP contribution in [0, 0.1) is 11.3 Å². The number of ketones is 1. The maximum Gasteiger partial charge on any atom is 0.211 e. The molecule has 2 aliphatic heterocycles. The summed E-state index contributed by atoms with van der Waals surface area (Å²) in [7, 11) is 0. The van der Waals surface area contributed by atoms with Gasteiger partial charge in [-0.1, -0.05) is 0 Å². The molecule has 116 valence electrons. The quantitative estimate of drug-likeness (QED) is 0.856. The Morgan fingerprint density at radius 1 is 1.26 bits per heavy atom. The minimum absolute atomic E-state index is 0.191. The molecule has 1 aromatic carbocycles. The van der Waals surface area contributed by atoms with Crippen LogP contribution in [-0.4, -0.2) is 23.6 Å². The van der Waals surface area contributed by atoms with Gasteiger partial charge in [-0.05, 0) is 31.0 Å². The summed E-state index contributed by atoms with van der Waals surface area (Å²) in [6.45, 7) is 1.68. The lowest BCUT2D eigenvalue weighted by Gasteiger charge is -2.18. The van der Waals surface area contributed by atoms with Gasteiger partial charge < -0.3 is 19.8 Å². The van der Waals surface area contributed by atoms with Crippen molar-refractivity contribution in [1.29, 1.82) is 5.26 Å². The Morgan fingerprint density at radius 3 is 2.83 bits per heavy atom. The van der Waals surface area contributed by atoms with Crippen LogP contribution >= 0.6 is 0 Å². The van der Waals surface area contributed by atoms with Gasteiger partial charge in [0.2, 0.25) is 5.78 Å². The van der Waals surface area contributed by atoms with Crippen molar-refractivity contribution in [1.82, 2.24) is 4.57 Å². The first kappa shape index (κ1) is 13.7. The minimum Gasteiger partial charge on any atom is -0.486 e. The van der Waals surface area contributed by atoms with Gasteiger partial charge in [-0.25, -0.2) is 0 Å². The third kappa shape index (κ3) is 1.97. The van der Waals surface area contributed by atoms with Gasteiger partial charge in [-0.2, -0.15) is 5.26 Å². The van der Waals surface area contributed by atoms with E-state index in [-0.39, 0.29) is 11.5 Å². The number of carbonyl (C=O) groups is 1. The molecular weight excluding hydrogens is 294 g/mol. The SMILES string of the molecule is N#Cc1c(N)c(C(=O)c2ccc3c(c2)OCCO3)n2c1CCC2. The smallest absolute Gasteiger partial charge is 0.211 e. The van der Waals surface area contributed by atoms with E-state index in [1.54, 1.807) is 18.2 Å². The fourth-order valence-corrected chi connectivity index (χ4v) is 3.29. The zero-order chi connectivity index (χ0) is 16.0. The van der Waals surface area contributed by atoms with E-state index in [1.807, 2.05) is 4.57 Å². The first-order valence-electron chi connectivity index (χ1n) is 7.56. The van der Waals surface area contributed by atoms with Crippen molar-refractivity contribution in [2.45, 2.75) is 19.4 Å². The lowest BCUT2D eigenvalue weighted by atomic mass is 10.0. The molecule has 2 aliphatic rings. The molecule has 0 unspecified atom stereocenters. The number of nitrogens with zero attached hydrogens (tertiary/aromatic N) is 2. The van der Waals surface area contributed by atoms with Crippen LogP contribution in [0.5, 0.6) is 11.5 Å². The largest absolute Gasteiger partial charge is 0.486 e. The van der Waals surface area contributed by atoms with Crippen LogP contribution in [0.3, 0.4) is 0 Å². The number of carbonyl (C=O) groups excluding carboxylic acids is 1. The summed E-state index contributed by atoms with van der Waals surface area (Å²) in [6, 6.07) is 7.25. The maximum atomic E-state index is 12.9. The molecule has 0 amide bonds. The standard InChI is InChI=1S/C17H15N3O3/c18-9-11-12-2-1-5-20(12)16(15(11)19)17(21)10-3-4-13-14(8-10)23-7-6-22-13/h3-4,8H,1-2,5-7,19H2. The van der Waals surface area contributed by atoms with E-state index < -0.39 is 0 Å². The van der Waals surface area contributed by atoms with Crippen molar-refractivity contribution in [3.05, 3.63) is 40.7 Å². The normalized spacial score (nSPS) is 15.1. The third-order valence-corrected chi connectivity index (χ3v) is 4.34. The molecule has 0 saturated carbocycles. The van der Waals surface area contributed by atoms with Crippen LogP contribution in [0.2, 0.25) is 0 Å². The molecule has 0 fully saturated rings. The van der Waals surface area contributed by atoms with E-state index in [1.165, 1.54) is 0 Å². The summed E-state index contributed by atoms with van der Waals surface area (Å²) in [5, 5.41) is 9.32. The summed E-state index contributed by atoms with van der Waals surface area (Å²) in [5.74, 6) is 1.01. The Bertz CT molecular complexity index is 861. The van der Waals surface area contributed by atoms with Crippen molar-refractivity contribution in [2.75, 3.05) is 18.9 Å². The number of ether oxygens (including phenoxy) is 2. The van der Waals surface area contributed by atoms with Crippen LogP contribution in [0.15, 0.2) is 18.2 Å². The number of nitriles is 1. The summed E-state index contributed by atoms with van der Waals surface area (Å²) in [6.07, 6.45) is 1.70. The number of nitrogens with two attached hydrogens (primary N) is 1. The second-order valence-corrected chi connectivity index (χ2v) is 5.64. The van der Waals surface area contributed by atoms with E-state index >= 15 is 0 Å². The minimum atomic E-state index is -0.191. The molecule has 3 heterocycles. The summed E-state index contributed by atoms with van der Waals surface area (Å²) < 4.78 is 12.9. The number of anilines is 1. The van der Waals surface area contributed by atoms with Gasteiger partial charge in [0.25, 0.3) is 0 Å². The van der Waals surface area contributed by atoms with E-state index in [9.17, 15) is 10.1 Å². The van der Waals surface area contributed by atoms with Gasteiger partial charge in [0.15, 0.2) is 11.5 Å². The summed E-state index contributed by atoms with van der Waals surface area (Å²) in [4.78, 5) is 12.9. The van der Waals surface area contributed by atoms with Crippen LogP contribution in [-0.2, 0) is 13.0 Å². The van der Waals surface area contributed by atoms with Crippen molar-refractivity contribution in [2.24, 2.45) is 0 Å². The van der Waals surface area contributed by atoms with Crippen molar-refractivity contribution in [3.8, 4) is 17.6 Å². The van der Waals surface area contributed by atoms with Gasteiger partial charge in [0, 0.05) is 17.8 Å². The number of benzene rings is 1. The molecule has 2 N–H and O–H groups in total. The van der Waals surface area contributed by atoms with Gasteiger partial charge in [0.1, 0.15) is 25.0 Å². The van der Waals surface area contributed by atoms with E-state index in [2.05, 4.69) is 6.07 Å². The molecular formula is C17H15N3O3. The van der Waals surface area contributed by atoms with Crippen LogP contribution in [0.4, 0.5) is 5.69 Å². The molecule has 6 nitrogen and oxygen atoms in total. The van der Waals surface area contributed by atoms with Crippen molar-refractivity contribution in [3.63, 3.8) is 0 Å². The van der Waals surface area contributed by atoms with Gasteiger partial charge in [-0.15, -0.1) is 0 Å². The van der Waals surface area contributed by atoms with Crippen molar-refractivity contribution < 1.29 is 14.3 Å². The number of hydrogen-bond acceptors (Lipinski definition) is 5. The Balaban J connectivity index is 1.80.